The summed E-state index contributed by atoms with van der Waals surface area (Å²) in [4.78, 5) is 0. The molecule has 0 saturated carbocycles. The first-order chi connectivity index (χ1) is 9.30. The molecular formula is C14H10ClF4N. The summed E-state index contributed by atoms with van der Waals surface area (Å²) in [6.07, 6.45) is -4.46. The van der Waals surface area contributed by atoms with E-state index in [1.54, 1.807) is 0 Å². The summed E-state index contributed by atoms with van der Waals surface area (Å²) in [5.74, 6) is -0.661. The molecule has 0 aliphatic carbocycles. The van der Waals surface area contributed by atoms with E-state index < -0.39 is 23.6 Å². The van der Waals surface area contributed by atoms with E-state index in [4.69, 9.17) is 17.3 Å². The maximum Gasteiger partial charge on any atom is 0.416 e. The maximum absolute atomic E-state index is 13.4. The van der Waals surface area contributed by atoms with Crippen molar-refractivity contribution in [3.8, 4) is 0 Å². The molecule has 2 N–H and O–H groups in total. The highest BCUT2D eigenvalue weighted by Crippen LogP contribution is 2.33. The molecule has 0 aliphatic heterocycles. The molecule has 0 fully saturated rings. The third kappa shape index (κ3) is 2.94. The van der Waals surface area contributed by atoms with E-state index in [-0.39, 0.29) is 16.1 Å². The zero-order chi connectivity index (χ0) is 14.9. The van der Waals surface area contributed by atoms with Crippen molar-refractivity contribution >= 4 is 11.6 Å². The predicted molar refractivity (Wildman–Crippen MR) is 68.9 cm³/mol. The fraction of sp³-hybridized carbons (Fsp3) is 0.143. The molecule has 1 atom stereocenters. The summed E-state index contributed by atoms with van der Waals surface area (Å²) in [7, 11) is 0. The van der Waals surface area contributed by atoms with Gasteiger partial charge in [-0.3, -0.25) is 0 Å². The van der Waals surface area contributed by atoms with E-state index in [0.717, 1.165) is 18.2 Å². The second kappa shape index (κ2) is 5.42. The summed E-state index contributed by atoms with van der Waals surface area (Å²) in [6.45, 7) is 0. The lowest BCUT2D eigenvalue weighted by atomic mass is 9.97. The van der Waals surface area contributed by atoms with Crippen LogP contribution in [0.4, 0.5) is 17.6 Å². The summed E-state index contributed by atoms with van der Waals surface area (Å²) >= 11 is 5.79. The van der Waals surface area contributed by atoms with Crippen LogP contribution in [-0.4, -0.2) is 0 Å². The highest BCUT2D eigenvalue weighted by Gasteiger charge is 2.31. The van der Waals surface area contributed by atoms with Crippen LogP contribution in [0.1, 0.15) is 22.7 Å². The molecule has 2 aromatic carbocycles. The summed E-state index contributed by atoms with van der Waals surface area (Å²) in [5, 5.41) is -0.183. The van der Waals surface area contributed by atoms with Gasteiger partial charge in [-0.2, -0.15) is 13.2 Å². The zero-order valence-corrected chi connectivity index (χ0v) is 10.8. The molecule has 0 radical (unpaired) electrons. The van der Waals surface area contributed by atoms with Crippen LogP contribution < -0.4 is 5.73 Å². The molecule has 1 nitrogen and oxygen atoms in total. The van der Waals surface area contributed by atoms with E-state index >= 15 is 0 Å². The van der Waals surface area contributed by atoms with Crippen molar-refractivity contribution in [2.45, 2.75) is 12.2 Å². The molecule has 106 valence electrons. The predicted octanol–water partition coefficient (Wildman–Crippen LogP) is 4.55. The Bertz CT molecular complexity index is 625. The van der Waals surface area contributed by atoms with Gasteiger partial charge in [0.1, 0.15) is 5.82 Å². The molecule has 0 aromatic heterocycles. The lowest BCUT2D eigenvalue weighted by molar-refractivity contribution is -0.137. The molecule has 0 heterocycles. The number of alkyl halides is 3. The third-order valence-corrected chi connectivity index (χ3v) is 3.29. The van der Waals surface area contributed by atoms with Gasteiger partial charge in [0.2, 0.25) is 0 Å². The Hall–Kier alpha value is -1.59. The van der Waals surface area contributed by atoms with E-state index in [1.165, 1.54) is 24.3 Å². The van der Waals surface area contributed by atoms with E-state index in [2.05, 4.69) is 0 Å². The quantitative estimate of drug-likeness (QED) is 0.810. The minimum Gasteiger partial charge on any atom is -0.320 e. The Labute approximate surface area is 118 Å². The largest absolute Gasteiger partial charge is 0.416 e. The highest BCUT2D eigenvalue weighted by molar-refractivity contribution is 6.31. The highest BCUT2D eigenvalue weighted by atomic mass is 35.5. The number of hydrogen-bond acceptors (Lipinski definition) is 1. The molecule has 0 bridgehead atoms. The fourth-order valence-corrected chi connectivity index (χ4v) is 2.09. The van der Waals surface area contributed by atoms with Gasteiger partial charge < -0.3 is 5.73 Å². The monoisotopic (exact) mass is 303 g/mol. The van der Waals surface area contributed by atoms with Gasteiger partial charge in [0.05, 0.1) is 16.6 Å². The molecule has 2 aromatic rings. The SMILES string of the molecule is NC(c1cccc(C(F)(F)F)c1)c1cccc(F)c1Cl. The van der Waals surface area contributed by atoms with Gasteiger partial charge in [-0.1, -0.05) is 35.9 Å². The number of halogens is 5. The Morgan fingerprint density at radius 3 is 2.35 bits per heavy atom. The number of benzene rings is 2. The third-order valence-electron chi connectivity index (χ3n) is 2.89. The van der Waals surface area contributed by atoms with Gasteiger partial charge in [0.15, 0.2) is 0 Å². The van der Waals surface area contributed by atoms with Crippen LogP contribution in [0, 0.1) is 5.82 Å². The normalized spacial score (nSPS) is 13.3. The molecule has 20 heavy (non-hydrogen) atoms. The first kappa shape index (κ1) is 14.8. The second-order valence-corrected chi connectivity index (χ2v) is 4.62. The van der Waals surface area contributed by atoms with Gasteiger partial charge in [0.25, 0.3) is 0 Å². The summed E-state index contributed by atoms with van der Waals surface area (Å²) in [6, 6.07) is 7.70. The molecule has 1 unspecified atom stereocenters. The van der Waals surface area contributed by atoms with Gasteiger partial charge in [-0.15, -0.1) is 0 Å². The Morgan fingerprint density at radius 2 is 1.70 bits per heavy atom. The lowest BCUT2D eigenvalue weighted by Gasteiger charge is -2.16. The number of rotatable bonds is 2. The van der Waals surface area contributed by atoms with Crippen molar-refractivity contribution in [1.29, 1.82) is 0 Å². The molecule has 0 spiro atoms. The van der Waals surface area contributed by atoms with Crippen LogP contribution >= 0.6 is 11.6 Å². The maximum atomic E-state index is 13.4. The molecule has 0 saturated heterocycles. The fourth-order valence-electron chi connectivity index (χ4n) is 1.85. The Morgan fingerprint density at radius 1 is 1.05 bits per heavy atom. The van der Waals surface area contributed by atoms with Crippen LogP contribution in [0.3, 0.4) is 0 Å². The van der Waals surface area contributed by atoms with Crippen molar-refractivity contribution in [2.24, 2.45) is 5.73 Å². The first-order valence-electron chi connectivity index (χ1n) is 5.67. The smallest absolute Gasteiger partial charge is 0.320 e. The Kier molecular flexibility index (Phi) is 4.01. The van der Waals surface area contributed by atoms with Crippen molar-refractivity contribution in [3.05, 3.63) is 70.0 Å². The molecule has 6 heteroatoms. The minimum atomic E-state index is -4.46. The van der Waals surface area contributed by atoms with Crippen molar-refractivity contribution in [3.63, 3.8) is 0 Å². The van der Waals surface area contributed by atoms with Crippen molar-refractivity contribution in [1.82, 2.24) is 0 Å². The topological polar surface area (TPSA) is 26.0 Å². The van der Waals surface area contributed by atoms with Crippen molar-refractivity contribution in [2.75, 3.05) is 0 Å². The van der Waals surface area contributed by atoms with Crippen LogP contribution in [0.2, 0.25) is 5.02 Å². The van der Waals surface area contributed by atoms with E-state index in [0.29, 0.717) is 0 Å². The first-order valence-corrected chi connectivity index (χ1v) is 6.05. The molecule has 0 amide bonds. The van der Waals surface area contributed by atoms with Gasteiger partial charge in [-0.05, 0) is 29.3 Å². The summed E-state index contributed by atoms with van der Waals surface area (Å²) < 4.78 is 51.3. The number of hydrogen-bond donors (Lipinski definition) is 1. The Balaban J connectivity index is 2.44. The molecule has 2 rings (SSSR count). The van der Waals surface area contributed by atoms with Crippen molar-refractivity contribution < 1.29 is 17.6 Å². The van der Waals surface area contributed by atoms with Crippen LogP contribution in [0.25, 0.3) is 0 Å². The second-order valence-electron chi connectivity index (χ2n) is 4.24. The number of nitrogens with two attached hydrogens (primary N) is 1. The zero-order valence-electron chi connectivity index (χ0n) is 10.1. The van der Waals surface area contributed by atoms with Crippen LogP contribution in [-0.2, 0) is 6.18 Å². The van der Waals surface area contributed by atoms with Gasteiger partial charge >= 0.3 is 6.18 Å². The average molecular weight is 304 g/mol. The minimum absolute atomic E-state index is 0.183. The average Bonchev–Trinajstić information content (AvgIpc) is 2.40. The van der Waals surface area contributed by atoms with Crippen LogP contribution in [0.5, 0.6) is 0 Å². The van der Waals surface area contributed by atoms with Crippen LogP contribution in [0.15, 0.2) is 42.5 Å². The summed E-state index contributed by atoms with van der Waals surface area (Å²) in [5.41, 5.74) is 5.53. The lowest BCUT2D eigenvalue weighted by Crippen LogP contribution is -2.14. The standard InChI is InChI=1S/C14H10ClF4N/c15-12-10(5-2-6-11(12)16)13(20)8-3-1-4-9(7-8)14(17,18)19/h1-7,13H,20H2. The molecular weight excluding hydrogens is 294 g/mol. The van der Waals surface area contributed by atoms with E-state index in [9.17, 15) is 17.6 Å². The molecule has 0 aliphatic rings. The van der Waals surface area contributed by atoms with Gasteiger partial charge in [-0.25, -0.2) is 4.39 Å². The van der Waals surface area contributed by atoms with E-state index in [1.807, 2.05) is 0 Å². The van der Waals surface area contributed by atoms with Gasteiger partial charge in [0, 0.05) is 0 Å².